The zero-order chi connectivity index (χ0) is 15.4. The monoisotopic (exact) mass is 295 g/mol. The lowest BCUT2D eigenvalue weighted by molar-refractivity contribution is -0.121. The maximum atomic E-state index is 13.7. The van der Waals surface area contributed by atoms with Crippen LogP contribution in [0.25, 0.3) is 0 Å². The zero-order valence-electron chi connectivity index (χ0n) is 12.9. The second-order valence-corrected chi connectivity index (χ2v) is 7.33. The van der Waals surface area contributed by atoms with Gasteiger partial charge < -0.3 is 10.0 Å². The van der Waals surface area contributed by atoms with Crippen LogP contribution in [0.4, 0.5) is 8.78 Å². The Balaban J connectivity index is 2.06. The van der Waals surface area contributed by atoms with Gasteiger partial charge in [0.1, 0.15) is 0 Å². The van der Waals surface area contributed by atoms with E-state index in [1.54, 1.807) is 0 Å². The number of nitrogens with zero attached hydrogens (tertiary/aromatic N) is 1. The first kappa shape index (κ1) is 14.9. The van der Waals surface area contributed by atoms with E-state index >= 15 is 0 Å². The van der Waals surface area contributed by atoms with Gasteiger partial charge in [-0.2, -0.15) is 0 Å². The minimum Gasteiger partial charge on any atom is -0.384 e. The number of hydrogen-bond acceptors (Lipinski definition) is 2. The van der Waals surface area contributed by atoms with Crippen LogP contribution in [-0.2, 0) is 12.0 Å². The molecule has 1 atom stereocenters. The third-order valence-corrected chi connectivity index (χ3v) is 5.53. The SMILES string of the molecule is CN1CCC(C2(O)c3cc(F)c(F)cc3CC2(C)C)CC1. The van der Waals surface area contributed by atoms with E-state index in [1.165, 1.54) is 12.1 Å². The fourth-order valence-corrected chi connectivity index (χ4v) is 4.26. The van der Waals surface area contributed by atoms with Gasteiger partial charge in [0.25, 0.3) is 0 Å². The third-order valence-electron chi connectivity index (χ3n) is 5.53. The van der Waals surface area contributed by atoms with Gasteiger partial charge in [-0.25, -0.2) is 8.78 Å². The Bertz CT molecular complexity index is 564. The Labute approximate surface area is 124 Å². The maximum Gasteiger partial charge on any atom is 0.159 e. The van der Waals surface area contributed by atoms with Crippen LogP contribution >= 0.6 is 0 Å². The average molecular weight is 295 g/mol. The molecule has 1 unspecified atom stereocenters. The summed E-state index contributed by atoms with van der Waals surface area (Å²) in [6, 6.07) is 2.48. The molecular weight excluding hydrogens is 272 g/mol. The highest BCUT2D eigenvalue weighted by atomic mass is 19.2. The van der Waals surface area contributed by atoms with Crippen LogP contribution in [0, 0.1) is 23.0 Å². The average Bonchev–Trinajstić information content (AvgIpc) is 2.60. The van der Waals surface area contributed by atoms with Crippen LogP contribution in [0.15, 0.2) is 12.1 Å². The minimum atomic E-state index is -1.07. The van der Waals surface area contributed by atoms with Crippen molar-refractivity contribution in [3.8, 4) is 0 Å². The molecule has 1 N–H and O–H groups in total. The van der Waals surface area contributed by atoms with E-state index in [0.717, 1.165) is 31.5 Å². The van der Waals surface area contributed by atoms with E-state index in [1.807, 2.05) is 13.8 Å². The molecule has 0 saturated carbocycles. The van der Waals surface area contributed by atoms with Gasteiger partial charge in [0.2, 0.25) is 0 Å². The topological polar surface area (TPSA) is 23.5 Å². The van der Waals surface area contributed by atoms with E-state index in [0.29, 0.717) is 12.0 Å². The van der Waals surface area contributed by atoms with Crippen LogP contribution in [0.2, 0.25) is 0 Å². The van der Waals surface area contributed by atoms with Gasteiger partial charge in [-0.05, 0) is 68.6 Å². The highest BCUT2D eigenvalue weighted by Gasteiger charge is 2.56. The zero-order valence-corrected chi connectivity index (χ0v) is 12.9. The van der Waals surface area contributed by atoms with Crippen molar-refractivity contribution in [3.05, 3.63) is 34.9 Å². The van der Waals surface area contributed by atoms with Gasteiger partial charge in [0.15, 0.2) is 11.6 Å². The van der Waals surface area contributed by atoms with Crippen LogP contribution in [0.1, 0.15) is 37.8 Å². The lowest BCUT2D eigenvalue weighted by Crippen LogP contribution is -2.49. The van der Waals surface area contributed by atoms with Crippen molar-refractivity contribution in [2.45, 2.75) is 38.7 Å². The Morgan fingerprint density at radius 1 is 1.14 bits per heavy atom. The van der Waals surface area contributed by atoms with Gasteiger partial charge in [-0.15, -0.1) is 0 Å². The van der Waals surface area contributed by atoms with Crippen molar-refractivity contribution in [2.75, 3.05) is 20.1 Å². The number of hydrogen-bond donors (Lipinski definition) is 1. The first-order valence-electron chi connectivity index (χ1n) is 7.65. The van der Waals surface area contributed by atoms with Crippen molar-refractivity contribution >= 4 is 0 Å². The van der Waals surface area contributed by atoms with E-state index in [4.69, 9.17) is 0 Å². The molecule has 0 aromatic heterocycles. The van der Waals surface area contributed by atoms with Crippen LogP contribution in [-0.4, -0.2) is 30.1 Å². The normalized spacial score (nSPS) is 29.6. The molecule has 1 saturated heterocycles. The fraction of sp³-hybridized carbons (Fsp3) is 0.647. The summed E-state index contributed by atoms with van der Waals surface area (Å²) in [4.78, 5) is 2.24. The quantitative estimate of drug-likeness (QED) is 0.860. The molecule has 1 aliphatic carbocycles. The van der Waals surface area contributed by atoms with Crippen LogP contribution in [0.5, 0.6) is 0 Å². The molecule has 21 heavy (non-hydrogen) atoms. The predicted molar refractivity (Wildman–Crippen MR) is 78.0 cm³/mol. The van der Waals surface area contributed by atoms with Crippen molar-refractivity contribution in [1.29, 1.82) is 0 Å². The molecule has 2 aliphatic rings. The van der Waals surface area contributed by atoms with Crippen molar-refractivity contribution in [3.63, 3.8) is 0 Å². The summed E-state index contributed by atoms with van der Waals surface area (Å²) in [6.07, 6.45) is 2.35. The number of halogens is 2. The van der Waals surface area contributed by atoms with Crippen molar-refractivity contribution < 1.29 is 13.9 Å². The molecule has 2 nitrogen and oxygen atoms in total. The van der Waals surface area contributed by atoms with E-state index in [2.05, 4.69) is 11.9 Å². The Hall–Kier alpha value is -1.00. The summed E-state index contributed by atoms with van der Waals surface area (Å²) >= 11 is 0. The molecule has 1 aromatic rings. The molecule has 0 spiro atoms. The molecular formula is C17H23F2NO. The van der Waals surface area contributed by atoms with E-state index in [9.17, 15) is 13.9 Å². The second-order valence-electron chi connectivity index (χ2n) is 7.33. The number of rotatable bonds is 1. The largest absolute Gasteiger partial charge is 0.384 e. The number of aliphatic hydroxyl groups is 1. The molecule has 0 amide bonds. The van der Waals surface area contributed by atoms with Gasteiger partial charge >= 0.3 is 0 Å². The number of piperidine rings is 1. The summed E-state index contributed by atoms with van der Waals surface area (Å²) in [5.41, 5.74) is -0.129. The summed E-state index contributed by atoms with van der Waals surface area (Å²) in [5.74, 6) is -1.59. The first-order valence-corrected chi connectivity index (χ1v) is 7.65. The lowest BCUT2D eigenvalue weighted by atomic mass is 9.65. The molecule has 1 aliphatic heterocycles. The van der Waals surface area contributed by atoms with Gasteiger partial charge in [-0.1, -0.05) is 13.8 Å². The van der Waals surface area contributed by atoms with Crippen LogP contribution in [0.3, 0.4) is 0 Å². The predicted octanol–water partition coefficient (Wildman–Crippen LogP) is 3.08. The van der Waals surface area contributed by atoms with Gasteiger partial charge in [0.05, 0.1) is 5.60 Å². The molecule has 1 fully saturated rings. The molecule has 0 bridgehead atoms. The summed E-state index contributed by atoms with van der Waals surface area (Å²) < 4.78 is 27.2. The van der Waals surface area contributed by atoms with Crippen LogP contribution < -0.4 is 0 Å². The fourth-order valence-electron chi connectivity index (χ4n) is 4.26. The third kappa shape index (κ3) is 2.11. The van der Waals surface area contributed by atoms with Crippen molar-refractivity contribution in [1.82, 2.24) is 4.90 Å². The molecule has 1 aromatic carbocycles. The number of fused-ring (bicyclic) bond motifs is 1. The number of benzene rings is 1. The van der Waals surface area contributed by atoms with E-state index in [-0.39, 0.29) is 5.92 Å². The Morgan fingerprint density at radius 2 is 1.71 bits per heavy atom. The molecule has 4 heteroatoms. The smallest absolute Gasteiger partial charge is 0.159 e. The summed E-state index contributed by atoms with van der Waals surface area (Å²) in [5, 5.41) is 11.5. The molecule has 3 rings (SSSR count). The highest BCUT2D eigenvalue weighted by molar-refractivity contribution is 5.42. The molecule has 116 valence electrons. The maximum absolute atomic E-state index is 13.7. The van der Waals surface area contributed by atoms with Gasteiger partial charge in [-0.3, -0.25) is 0 Å². The Kier molecular flexibility index (Phi) is 3.37. The van der Waals surface area contributed by atoms with E-state index < -0.39 is 22.7 Å². The highest BCUT2D eigenvalue weighted by Crippen LogP contribution is 2.56. The first-order chi connectivity index (χ1) is 9.75. The second kappa shape index (κ2) is 4.75. The number of likely N-dealkylation sites (tertiary alicyclic amines) is 1. The molecule has 1 heterocycles. The molecule has 0 radical (unpaired) electrons. The minimum absolute atomic E-state index is 0.0924. The summed E-state index contributed by atoms with van der Waals surface area (Å²) in [7, 11) is 2.07. The van der Waals surface area contributed by atoms with Crippen molar-refractivity contribution in [2.24, 2.45) is 11.3 Å². The standard InChI is InChI=1S/C17H23F2NO/c1-16(2)10-11-8-14(18)15(19)9-13(11)17(16,21)12-4-6-20(3)7-5-12/h8-9,12,21H,4-7,10H2,1-3H3. The lowest BCUT2D eigenvalue weighted by Gasteiger charge is -2.46. The van der Waals surface area contributed by atoms with Gasteiger partial charge in [0, 0.05) is 5.41 Å². The summed E-state index contributed by atoms with van der Waals surface area (Å²) in [6.45, 7) is 5.87. The Morgan fingerprint density at radius 3 is 2.33 bits per heavy atom.